The van der Waals surface area contributed by atoms with E-state index in [0.717, 1.165) is 12.1 Å². The van der Waals surface area contributed by atoms with Crippen molar-refractivity contribution >= 4 is 17.2 Å². The number of H-pyrrole nitrogens is 1. The lowest BCUT2D eigenvalue weighted by molar-refractivity contribution is -0.274. The molecule has 0 aliphatic rings. The molecular weight excluding hydrogens is 377 g/mol. The number of aromatic nitrogens is 4. The number of fused-ring (bicyclic) bond motifs is 1. The molecule has 0 unspecified atom stereocenters. The van der Waals surface area contributed by atoms with E-state index in [4.69, 9.17) is 16.7 Å². The smallest absolute Gasteiger partial charge is 0.406 e. The van der Waals surface area contributed by atoms with Gasteiger partial charge in [0.25, 0.3) is 0 Å². The molecule has 0 atom stereocenters. The van der Waals surface area contributed by atoms with Crippen LogP contribution in [0.15, 0.2) is 29.1 Å². The monoisotopic (exact) mass is 388 g/mol. The van der Waals surface area contributed by atoms with Crippen molar-refractivity contribution in [2.75, 3.05) is 6.61 Å². The molecule has 7 nitrogen and oxygen atoms in total. The number of ether oxygens (including phenoxy) is 1. The van der Waals surface area contributed by atoms with Gasteiger partial charge in [-0.1, -0.05) is 23.7 Å². The highest BCUT2D eigenvalue weighted by atomic mass is 35.5. The highest BCUT2D eigenvalue weighted by Crippen LogP contribution is 2.27. The molecular formula is C15H12ClF3N4O3. The van der Waals surface area contributed by atoms with E-state index in [9.17, 15) is 18.0 Å². The number of hydrogen-bond acceptors (Lipinski definition) is 5. The van der Waals surface area contributed by atoms with E-state index in [2.05, 4.69) is 20.0 Å². The Labute approximate surface area is 149 Å². The van der Waals surface area contributed by atoms with E-state index in [1.165, 1.54) is 16.6 Å². The molecule has 0 saturated heterocycles. The number of alkyl halides is 3. The molecule has 26 heavy (non-hydrogen) atoms. The van der Waals surface area contributed by atoms with E-state index < -0.39 is 17.5 Å². The lowest BCUT2D eigenvalue weighted by Crippen LogP contribution is -2.17. The fourth-order valence-corrected chi connectivity index (χ4v) is 2.70. The van der Waals surface area contributed by atoms with Crippen LogP contribution in [0.2, 0.25) is 5.15 Å². The second-order valence-corrected chi connectivity index (χ2v) is 5.70. The van der Waals surface area contributed by atoms with Crippen molar-refractivity contribution in [3.8, 4) is 17.1 Å². The van der Waals surface area contributed by atoms with E-state index in [1.807, 2.05) is 0 Å². The second-order valence-electron chi connectivity index (χ2n) is 5.32. The topological polar surface area (TPSA) is 92.5 Å². The van der Waals surface area contributed by atoms with Crippen LogP contribution < -0.4 is 10.2 Å². The van der Waals surface area contributed by atoms with Crippen molar-refractivity contribution in [1.29, 1.82) is 0 Å². The van der Waals surface area contributed by atoms with Gasteiger partial charge >= 0.3 is 6.36 Å². The third-order valence-corrected chi connectivity index (χ3v) is 3.84. The molecule has 0 aliphatic heterocycles. The van der Waals surface area contributed by atoms with Crippen LogP contribution >= 0.6 is 11.6 Å². The Balaban J connectivity index is 2.07. The summed E-state index contributed by atoms with van der Waals surface area (Å²) in [4.78, 5) is 12.5. The van der Waals surface area contributed by atoms with Gasteiger partial charge in [0.05, 0.1) is 0 Å². The van der Waals surface area contributed by atoms with Gasteiger partial charge in [0.1, 0.15) is 10.9 Å². The standard InChI is InChI=1S/C15H12ClF3N4O3/c16-12-10(5-2-6-24)11(25)14-21-20-13(23(14)22-12)8-3-1-4-9(7-8)26-15(17,18)19/h1,3-4,7,22,24H,2,5-6H2. The molecule has 3 rings (SSSR count). The molecule has 0 saturated carbocycles. The van der Waals surface area contributed by atoms with Gasteiger partial charge in [0.2, 0.25) is 11.1 Å². The summed E-state index contributed by atoms with van der Waals surface area (Å²) in [5, 5.41) is 19.3. The molecule has 11 heteroatoms. The van der Waals surface area contributed by atoms with E-state index in [-0.39, 0.29) is 40.8 Å². The summed E-state index contributed by atoms with van der Waals surface area (Å²) in [7, 11) is 0. The maximum absolute atomic E-state index is 12.5. The normalized spacial score (nSPS) is 11.9. The molecule has 2 N–H and O–H groups in total. The zero-order chi connectivity index (χ0) is 18.9. The number of benzene rings is 1. The van der Waals surface area contributed by atoms with Gasteiger partial charge in [-0.2, -0.15) is 0 Å². The van der Waals surface area contributed by atoms with Gasteiger partial charge in [-0.15, -0.1) is 23.4 Å². The molecule has 2 heterocycles. The van der Waals surface area contributed by atoms with Crippen LogP contribution in [-0.2, 0) is 6.42 Å². The summed E-state index contributed by atoms with van der Waals surface area (Å²) < 4.78 is 42.2. The summed E-state index contributed by atoms with van der Waals surface area (Å²) in [5.41, 5.74) is -0.0291. The maximum atomic E-state index is 12.5. The minimum absolute atomic E-state index is 0.0414. The zero-order valence-corrected chi connectivity index (χ0v) is 13.8. The minimum atomic E-state index is -4.83. The van der Waals surface area contributed by atoms with Gasteiger partial charge in [-0.3, -0.25) is 9.89 Å². The molecule has 0 amide bonds. The van der Waals surface area contributed by atoms with Crippen LogP contribution in [0.3, 0.4) is 0 Å². The molecule has 1 aromatic carbocycles. The third kappa shape index (κ3) is 3.65. The fourth-order valence-electron chi connectivity index (χ4n) is 2.44. The Kier molecular flexibility index (Phi) is 4.88. The fraction of sp³-hybridized carbons (Fsp3) is 0.267. The molecule has 0 spiro atoms. The predicted octanol–water partition coefficient (Wildman–Crippen LogP) is 2.56. The largest absolute Gasteiger partial charge is 0.573 e. The quantitative estimate of drug-likeness (QED) is 0.700. The Bertz CT molecular complexity index is 1000. The molecule has 0 aliphatic carbocycles. The van der Waals surface area contributed by atoms with Crippen LogP contribution in [0.4, 0.5) is 13.2 Å². The van der Waals surface area contributed by atoms with E-state index in [1.54, 1.807) is 0 Å². The van der Waals surface area contributed by atoms with Gasteiger partial charge < -0.3 is 9.84 Å². The number of rotatable bonds is 5. The Hall–Kier alpha value is -2.59. The average Bonchev–Trinajstić information content (AvgIpc) is 2.97. The number of nitrogens with one attached hydrogen (secondary N) is 1. The minimum Gasteiger partial charge on any atom is -0.406 e. The van der Waals surface area contributed by atoms with Crippen LogP contribution in [-0.4, -0.2) is 37.9 Å². The highest BCUT2D eigenvalue weighted by molar-refractivity contribution is 6.30. The first-order valence-corrected chi connectivity index (χ1v) is 7.81. The number of aliphatic hydroxyl groups is 1. The van der Waals surface area contributed by atoms with Crippen molar-refractivity contribution < 1.29 is 23.0 Å². The number of aromatic amines is 1. The van der Waals surface area contributed by atoms with Crippen molar-refractivity contribution in [1.82, 2.24) is 19.8 Å². The molecule has 138 valence electrons. The van der Waals surface area contributed by atoms with Gasteiger partial charge in [-0.25, -0.2) is 4.52 Å². The van der Waals surface area contributed by atoms with Crippen molar-refractivity contribution in [2.24, 2.45) is 0 Å². The average molecular weight is 389 g/mol. The number of halogens is 4. The summed E-state index contributed by atoms with van der Waals surface area (Å²) >= 11 is 6.09. The predicted molar refractivity (Wildman–Crippen MR) is 86.1 cm³/mol. The molecule has 0 bridgehead atoms. The maximum Gasteiger partial charge on any atom is 0.573 e. The lowest BCUT2D eigenvalue weighted by atomic mass is 10.1. The summed E-state index contributed by atoms with van der Waals surface area (Å²) in [6.45, 7) is -0.106. The summed E-state index contributed by atoms with van der Waals surface area (Å²) in [6, 6.07) is 5.11. The first kappa shape index (κ1) is 18.2. The zero-order valence-electron chi connectivity index (χ0n) is 13.0. The lowest BCUT2D eigenvalue weighted by Gasteiger charge is -2.10. The van der Waals surface area contributed by atoms with Crippen LogP contribution in [0.5, 0.6) is 5.75 Å². The molecule has 2 aromatic heterocycles. The number of hydrogen-bond donors (Lipinski definition) is 2. The van der Waals surface area contributed by atoms with Crippen molar-refractivity contribution in [2.45, 2.75) is 19.2 Å². The Morgan fingerprint density at radius 3 is 2.77 bits per heavy atom. The number of aliphatic hydroxyl groups excluding tert-OH is 1. The highest BCUT2D eigenvalue weighted by Gasteiger charge is 2.31. The van der Waals surface area contributed by atoms with E-state index >= 15 is 0 Å². The Morgan fingerprint density at radius 2 is 2.08 bits per heavy atom. The SMILES string of the molecule is O=c1c(CCCO)c(Cl)[nH]n2c(-c3cccc(OC(F)(F)F)c3)nnc12. The summed E-state index contributed by atoms with van der Waals surface area (Å²) in [5.74, 6) is -0.333. The van der Waals surface area contributed by atoms with Gasteiger partial charge in [0.15, 0.2) is 5.82 Å². The second kappa shape index (κ2) is 6.96. The van der Waals surface area contributed by atoms with Crippen LogP contribution in [0, 0.1) is 0 Å². The van der Waals surface area contributed by atoms with Gasteiger partial charge in [-0.05, 0) is 25.0 Å². The molecule has 3 aromatic rings. The first-order chi connectivity index (χ1) is 12.3. The number of nitrogens with zero attached hydrogens (tertiary/aromatic N) is 3. The third-order valence-electron chi connectivity index (χ3n) is 3.53. The van der Waals surface area contributed by atoms with Crippen LogP contribution in [0.1, 0.15) is 12.0 Å². The first-order valence-electron chi connectivity index (χ1n) is 7.43. The van der Waals surface area contributed by atoms with E-state index in [0.29, 0.717) is 6.42 Å². The van der Waals surface area contributed by atoms with Crippen LogP contribution in [0.25, 0.3) is 17.0 Å². The Morgan fingerprint density at radius 1 is 1.31 bits per heavy atom. The van der Waals surface area contributed by atoms with Crippen molar-refractivity contribution in [3.05, 3.63) is 45.2 Å². The molecule has 0 radical (unpaired) electrons. The molecule has 0 fully saturated rings. The van der Waals surface area contributed by atoms with Gasteiger partial charge in [0, 0.05) is 17.7 Å². The summed E-state index contributed by atoms with van der Waals surface area (Å²) in [6.07, 6.45) is -4.24. The van der Waals surface area contributed by atoms with Crippen molar-refractivity contribution in [3.63, 3.8) is 0 Å².